The van der Waals surface area contributed by atoms with E-state index in [2.05, 4.69) is 105 Å². The molecule has 1 aliphatic heterocycles. The van der Waals surface area contributed by atoms with E-state index in [1.165, 1.54) is 16.5 Å². The lowest BCUT2D eigenvalue weighted by atomic mass is 10.2. The van der Waals surface area contributed by atoms with Gasteiger partial charge in [0.25, 0.3) is 0 Å². The minimum absolute atomic E-state index is 0.0525. The van der Waals surface area contributed by atoms with E-state index in [1.807, 2.05) is 6.07 Å². The first kappa shape index (κ1) is 22.4. The standard InChI is InChI=1S/C29H32N4O/c1-23-26-14-8-9-15-27(26)33(21-25-12-6-3-7-13-25)29(23)30-28(34)22-32-18-16-31(17-19-32)20-24-10-4-2-5-11-24/h2-15H,16-22H2,1H3,(H,30,34). The molecule has 174 valence electrons. The Labute approximate surface area is 201 Å². The van der Waals surface area contributed by atoms with Crippen molar-refractivity contribution >= 4 is 22.6 Å². The summed E-state index contributed by atoms with van der Waals surface area (Å²) < 4.78 is 2.23. The van der Waals surface area contributed by atoms with Crippen LogP contribution in [0.25, 0.3) is 10.9 Å². The van der Waals surface area contributed by atoms with Gasteiger partial charge in [0.2, 0.25) is 5.91 Å². The van der Waals surface area contributed by atoms with Crippen molar-refractivity contribution in [3.05, 3.63) is 102 Å². The van der Waals surface area contributed by atoms with E-state index in [0.29, 0.717) is 6.54 Å². The molecule has 3 aromatic carbocycles. The highest BCUT2D eigenvalue weighted by atomic mass is 16.2. The van der Waals surface area contributed by atoms with Gasteiger partial charge in [0.05, 0.1) is 12.1 Å². The summed E-state index contributed by atoms with van der Waals surface area (Å²) in [4.78, 5) is 17.8. The van der Waals surface area contributed by atoms with Gasteiger partial charge in [0.15, 0.2) is 0 Å². The van der Waals surface area contributed by atoms with Gasteiger partial charge in [-0.05, 0) is 29.7 Å². The molecule has 1 aliphatic rings. The van der Waals surface area contributed by atoms with Crippen LogP contribution in [-0.2, 0) is 17.9 Å². The number of hydrogen-bond acceptors (Lipinski definition) is 3. The van der Waals surface area contributed by atoms with E-state index in [0.717, 1.165) is 56.2 Å². The summed E-state index contributed by atoms with van der Waals surface area (Å²) in [5.41, 5.74) is 4.82. The zero-order valence-electron chi connectivity index (χ0n) is 19.8. The smallest absolute Gasteiger partial charge is 0.239 e. The van der Waals surface area contributed by atoms with E-state index in [-0.39, 0.29) is 5.91 Å². The number of aromatic nitrogens is 1. The van der Waals surface area contributed by atoms with Gasteiger partial charge < -0.3 is 9.88 Å². The third-order valence-electron chi connectivity index (χ3n) is 6.75. The van der Waals surface area contributed by atoms with Crippen molar-refractivity contribution in [1.82, 2.24) is 14.4 Å². The average molecular weight is 453 g/mol. The molecule has 5 nitrogen and oxygen atoms in total. The molecule has 0 unspecified atom stereocenters. The molecule has 1 amide bonds. The zero-order valence-corrected chi connectivity index (χ0v) is 19.8. The van der Waals surface area contributed by atoms with E-state index in [9.17, 15) is 4.79 Å². The molecule has 0 saturated carbocycles. The van der Waals surface area contributed by atoms with Crippen molar-refractivity contribution in [3.8, 4) is 0 Å². The minimum Gasteiger partial charge on any atom is -0.323 e. The molecule has 0 aliphatic carbocycles. The number of fused-ring (bicyclic) bond motifs is 1. The minimum atomic E-state index is 0.0525. The largest absolute Gasteiger partial charge is 0.323 e. The van der Waals surface area contributed by atoms with Crippen LogP contribution in [-0.4, -0.2) is 53.0 Å². The lowest BCUT2D eigenvalue weighted by Crippen LogP contribution is -2.48. The number of carbonyl (C=O) groups is 1. The Bertz CT molecular complexity index is 1240. The number of piperazine rings is 1. The fraction of sp³-hybridized carbons (Fsp3) is 0.276. The first-order valence-corrected chi connectivity index (χ1v) is 12.1. The summed E-state index contributed by atoms with van der Waals surface area (Å²) in [6.07, 6.45) is 0. The first-order valence-electron chi connectivity index (χ1n) is 12.1. The molecule has 34 heavy (non-hydrogen) atoms. The number of anilines is 1. The SMILES string of the molecule is Cc1c(NC(=O)CN2CCN(Cc3ccccc3)CC2)n(Cc2ccccc2)c2ccccc12. The Hall–Kier alpha value is -3.41. The zero-order chi connectivity index (χ0) is 23.3. The molecule has 1 aromatic heterocycles. The maximum absolute atomic E-state index is 13.1. The van der Waals surface area contributed by atoms with Gasteiger partial charge in [-0.15, -0.1) is 0 Å². The quantitative estimate of drug-likeness (QED) is 0.440. The highest BCUT2D eigenvalue weighted by Crippen LogP contribution is 2.30. The number of hydrogen-bond donors (Lipinski definition) is 1. The summed E-state index contributed by atoms with van der Waals surface area (Å²) in [5.74, 6) is 0.953. The van der Waals surface area contributed by atoms with Crippen LogP contribution in [0.2, 0.25) is 0 Å². The number of aryl methyl sites for hydroxylation is 1. The first-order chi connectivity index (χ1) is 16.7. The van der Waals surface area contributed by atoms with Gasteiger partial charge in [-0.2, -0.15) is 0 Å². The molecule has 0 radical (unpaired) electrons. The maximum Gasteiger partial charge on any atom is 0.239 e. The molecule has 5 rings (SSSR count). The molecular weight excluding hydrogens is 420 g/mol. The Morgan fingerprint density at radius 1 is 0.735 bits per heavy atom. The van der Waals surface area contributed by atoms with E-state index < -0.39 is 0 Å². The summed E-state index contributed by atoms with van der Waals surface area (Å²) >= 11 is 0. The predicted octanol–water partition coefficient (Wildman–Crippen LogP) is 4.75. The number of benzene rings is 3. The fourth-order valence-corrected chi connectivity index (χ4v) is 4.89. The molecule has 2 heterocycles. The average Bonchev–Trinajstić information content (AvgIpc) is 3.12. The van der Waals surface area contributed by atoms with Crippen LogP contribution in [0, 0.1) is 6.92 Å². The molecule has 1 saturated heterocycles. The highest BCUT2D eigenvalue weighted by molar-refractivity contribution is 5.98. The summed E-state index contributed by atoms with van der Waals surface area (Å²) in [7, 11) is 0. The number of para-hydroxylation sites is 1. The van der Waals surface area contributed by atoms with Crippen molar-refractivity contribution in [1.29, 1.82) is 0 Å². The molecule has 4 aromatic rings. The molecular formula is C29H32N4O. The van der Waals surface area contributed by atoms with Crippen molar-refractivity contribution in [2.75, 3.05) is 38.0 Å². The maximum atomic E-state index is 13.1. The van der Waals surface area contributed by atoms with Crippen molar-refractivity contribution in [2.24, 2.45) is 0 Å². The summed E-state index contributed by atoms with van der Waals surface area (Å²) in [6.45, 7) is 8.00. The number of amides is 1. The normalized spacial score (nSPS) is 15.0. The fourth-order valence-electron chi connectivity index (χ4n) is 4.89. The van der Waals surface area contributed by atoms with Gasteiger partial charge in [0, 0.05) is 44.7 Å². The number of carbonyl (C=O) groups excluding carboxylic acids is 1. The third-order valence-corrected chi connectivity index (χ3v) is 6.75. The van der Waals surface area contributed by atoms with E-state index in [4.69, 9.17) is 0 Å². The summed E-state index contributed by atoms with van der Waals surface area (Å²) in [5, 5.41) is 4.44. The van der Waals surface area contributed by atoms with Gasteiger partial charge in [-0.3, -0.25) is 14.6 Å². The molecule has 0 bridgehead atoms. The molecule has 0 spiro atoms. The summed E-state index contributed by atoms with van der Waals surface area (Å²) in [6, 6.07) is 29.4. The van der Waals surface area contributed by atoms with Gasteiger partial charge in [0.1, 0.15) is 5.82 Å². The van der Waals surface area contributed by atoms with Gasteiger partial charge in [-0.25, -0.2) is 0 Å². The van der Waals surface area contributed by atoms with Crippen LogP contribution in [0.15, 0.2) is 84.9 Å². The highest BCUT2D eigenvalue weighted by Gasteiger charge is 2.21. The lowest BCUT2D eigenvalue weighted by Gasteiger charge is -2.34. The molecule has 1 N–H and O–H groups in total. The van der Waals surface area contributed by atoms with Crippen molar-refractivity contribution < 1.29 is 4.79 Å². The Morgan fingerprint density at radius 2 is 1.29 bits per heavy atom. The van der Waals surface area contributed by atoms with Gasteiger partial charge >= 0.3 is 0 Å². The Balaban J connectivity index is 1.25. The molecule has 0 atom stereocenters. The van der Waals surface area contributed by atoms with Crippen LogP contribution >= 0.6 is 0 Å². The van der Waals surface area contributed by atoms with Crippen molar-refractivity contribution in [3.63, 3.8) is 0 Å². The second-order valence-corrected chi connectivity index (χ2v) is 9.15. The van der Waals surface area contributed by atoms with E-state index >= 15 is 0 Å². The number of rotatable bonds is 7. The monoisotopic (exact) mass is 452 g/mol. The van der Waals surface area contributed by atoms with Crippen LogP contribution < -0.4 is 5.32 Å². The number of nitrogens with zero attached hydrogens (tertiary/aromatic N) is 3. The van der Waals surface area contributed by atoms with Crippen LogP contribution in [0.3, 0.4) is 0 Å². The Morgan fingerprint density at radius 3 is 1.97 bits per heavy atom. The second-order valence-electron chi connectivity index (χ2n) is 9.15. The van der Waals surface area contributed by atoms with E-state index in [1.54, 1.807) is 0 Å². The predicted molar refractivity (Wildman–Crippen MR) is 139 cm³/mol. The molecule has 5 heteroatoms. The lowest BCUT2D eigenvalue weighted by molar-refractivity contribution is -0.117. The van der Waals surface area contributed by atoms with Gasteiger partial charge in [-0.1, -0.05) is 78.9 Å². The molecule has 1 fully saturated rings. The Kier molecular flexibility index (Phi) is 6.74. The van der Waals surface area contributed by atoms with Crippen LogP contribution in [0.4, 0.5) is 5.82 Å². The van der Waals surface area contributed by atoms with Crippen LogP contribution in [0.5, 0.6) is 0 Å². The second kappa shape index (κ2) is 10.2. The van der Waals surface area contributed by atoms with Crippen LogP contribution in [0.1, 0.15) is 16.7 Å². The third kappa shape index (κ3) is 5.06. The topological polar surface area (TPSA) is 40.5 Å². The number of nitrogens with one attached hydrogen (secondary N) is 1. The van der Waals surface area contributed by atoms with Crippen molar-refractivity contribution in [2.45, 2.75) is 20.0 Å².